The van der Waals surface area contributed by atoms with Gasteiger partial charge in [-0.1, -0.05) is 43.2 Å². The van der Waals surface area contributed by atoms with Gasteiger partial charge < -0.3 is 20.3 Å². The molecule has 3 amide bonds. The van der Waals surface area contributed by atoms with Crippen LogP contribution in [0.15, 0.2) is 48.5 Å². The predicted octanol–water partition coefficient (Wildman–Crippen LogP) is 4.56. The van der Waals surface area contributed by atoms with Gasteiger partial charge in [0.2, 0.25) is 5.91 Å². The van der Waals surface area contributed by atoms with Crippen LogP contribution in [0, 0.1) is 12.8 Å². The lowest BCUT2D eigenvalue weighted by atomic mass is 9.83. The van der Waals surface area contributed by atoms with Crippen molar-refractivity contribution < 1.29 is 14.3 Å². The minimum Gasteiger partial charge on any atom is -0.497 e. The van der Waals surface area contributed by atoms with E-state index in [9.17, 15) is 9.59 Å². The second-order valence-electron chi connectivity index (χ2n) is 8.25. The quantitative estimate of drug-likeness (QED) is 0.642. The zero-order valence-corrected chi connectivity index (χ0v) is 18.7. The molecule has 2 atom stereocenters. The highest BCUT2D eigenvalue weighted by Gasteiger charge is 2.34. The molecule has 31 heavy (non-hydrogen) atoms. The number of aryl methyl sites for hydroxylation is 1. The second kappa shape index (κ2) is 10.8. The van der Waals surface area contributed by atoms with Crippen molar-refractivity contribution in [3.8, 4) is 5.75 Å². The third kappa shape index (κ3) is 6.23. The lowest BCUT2D eigenvalue weighted by Crippen LogP contribution is -2.50. The van der Waals surface area contributed by atoms with Crippen LogP contribution in [0.5, 0.6) is 5.75 Å². The zero-order valence-electron chi connectivity index (χ0n) is 18.7. The van der Waals surface area contributed by atoms with Gasteiger partial charge in [-0.2, -0.15) is 0 Å². The SMILES string of the molecule is CCCCNC(=O)N1CC(C(=O)Nc2ccc(OC)cc2)CC(c2cccc(C)c2)C1. The number of anilines is 1. The summed E-state index contributed by atoms with van der Waals surface area (Å²) in [7, 11) is 1.61. The first-order valence-electron chi connectivity index (χ1n) is 11.0. The molecule has 1 saturated heterocycles. The minimum atomic E-state index is -0.279. The molecule has 2 aromatic carbocycles. The van der Waals surface area contributed by atoms with Crippen molar-refractivity contribution in [1.82, 2.24) is 10.2 Å². The van der Waals surface area contributed by atoms with E-state index in [1.54, 1.807) is 12.0 Å². The van der Waals surface area contributed by atoms with Gasteiger partial charge in [0.25, 0.3) is 0 Å². The molecule has 3 rings (SSSR count). The zero-order chi connectivity index (χ0) is 22.2. The number of rotatable bonds is 7. The Kier molecular flexibility index (Phi) is 7.93. The van der Waals surface area contributed by atoms with Crippen molar-refractivity contribution in [1.29, 1.82) is 0 Å². The van der Waals surface area contributed by atoms with E-state index in [0.29, 0.717) is 26.1 Å². The molecule has 0 radical (unpaired) electrons. The summed E-state index contributed by atoms with van der Waals surface area (Å²) in [5.74, 6) is 0.523. The average molecular weight is 424 g/mol. The average Bonchev–Trinajstić information content (AvgIpc) is 2.79. The van der Waals surface area contributed by atoms with Gasteiger partial charge in [-0.05, 0) is 49.6 Å². The molecule has 1 aliphatic heterocycles. The monoisotopic (exact) mass is 423 g/mol. The summed E-state index contributed by atoms with van der Waals surface area (Å²) in [6.45, 7) is 5.86. The number of benzene rings is 2. The summed E-state index contributed by atoms with van der Waals surface area (Å²) in [5, 5.41) is 6.01. The van der Waals surface area contributed by atoms with Crippen LogP contribution in [-0.4, -0.2) is 43.6 Å². The largest absolute Gasteiger partial charge is 0.497 e. The van der Waals surface area contributed by atoms with Crippen LogP contribution in [0.25, 0.3) is 0 Å². The van der Waals surface area contributed by atoms with E-state index in [2.05, 4.69) is 42.7 Å². The molecule has 166 valence electrons. The summed E-state index contributed by atoms with van der Waals surface area (Å²) in [6.07, 6.45) is 2.69. The maximum Gasteiger partial charge on any atom is 0.317 e. The van der Waals surface area contributed by atoms with Crippen LogP contribution in [0.1, 0.15) is 43.2 Å². The summed E-state index contributed by atoms with van der Waals surface area (Å²) < 4.78 is 5.18. The lowest BCUT2D eigenvalue weighted by molar-refractivity contribution is -0.121. The molecule has 2 aromatic rings. The third-order valence-corrected chi connectivity index (χ3v) is 5.79. The van der Waals surface area contributed by atoms with Crippen LogP contribution in [-0.2, 0) is 4.79 Å². The van der Waals surface area contributed by atoms with Crippen LogP contribution < -0.4 is 15.4 Å². The maximum absolute atomic E-state index is 13.1. The molecule has 0 bridgehead atoms. The van der Waals surface area contributed by atoms with Crippen molar-refractivity contribution in [3.63, 3.8) is 0 Å². The number of hydrogen-bond acceptors (Lipinski definition) is 3. The molecule has 6 heteroatoms. The van der Waals surface area contributed by atoms with Gasteiger partial charge >= 0.3 is 6.03 Å². The number of hydrogen-bond donors (Lipinski definition) is 2. The fourth-order valence-corrected chi connectivity index (χ4v) is 4.02. The van der Waals surface area contributed by atoms with E-state index in [0.717, 1.165) is 24.3 Å². The highest BCUT2D eigenvalue weighted by atomic mass is 16.5. The number of carbonyl (C=O) groups excluding carboxylic acids is 2. The van der Waals surface area contributed by atoms with Gasteiger partial charge in [0.15, 0.2) is 0 Å². The maximum atomic E-state index is 13.1. The molecule has 0 saturated carbocycles. The molecule has 1 aliphatic rings. The molecular formula is C25H33N3O3. The van der Waals surface area contributed by atoms with E-state index in [-0.39, 0.29) is 23.8 Å². The fourth-order valence-electron chi connectivity index (χ4n) is 4.02. The summed E-state index contributed by atoms with van der Waals surface area (Å²) >= 11 is 0. The number of piperidine rings is 1. The molecule has 1 heterocycles. The number of urea groups is 1. The highest BCUT2D eigenvalue weighted by Crippen LogP contribution is 2.31. The molecule has 2 N–H and O–H groups in total. The number of nitrogens with one attached hydrogen (secondary N) is 2. The number of nitrogens with zero attached hydrogens (tertiary/aromatic N) is 1. The molecule has 2 unspecified atom stereocenters. The van der Waals surface area contributed by atoms with Crippen molar-refractivity contribution in [2.24, 2.45) is 5.92 Å². The van der Waals surface area contributed by atoms with Gasteiger partial charge in [0, 0.05) is 31.2 Å². The molecule has 1 fully saturated rings. The molecule has 0 aromatic heterocycles. The molecule has 0 spiro atoms. The Bertz CT molecular complexity index is 882. The molecular weight excluding hydrogens is 390 g/mol. The Morgan fingerprint density at radius 2 is 1.90 bits per heavy atom. The summed E-state index contributed by atoms with van der Waals surface area (Å²) in [4.78, 5) is 27.7. The van der Waals surface area contributed by atoms with Crippen molar-refractivity contribution in [2.45, 2.75) is 39.0 Å². The first kappa shape index (κ1) is 22.7. The van der Waals surface area contributed by atoms with Gasteiger partial charge in [-0.25, -0.2) is 4.79 Å². The Morgan fingerprint density at radius 3 is 2.58 bits per heavy atom. The molecule has 0 aliphatic carbocycles. The van der Waals surface area contributed by atoms with Crippen molar-refractivity contribution in [2.75, 3.05) is 32.1 Å². The number of likely N-dealkylation sites (tertiary alicyclic amines) is 1. The third-order valence-electron chi connectivity index (χ3n) is 5.79. The Labute approximate surface area is 185 Å². The number of amides is 3. The molecule has 6 nitrogen and oxygen atoms in total. The second-order valence-corrected chi connectivity index (χ2v) is 8.25. The lowest BCUT2D eigenvalue weighted by Gasteiger charge is -2.37. The smallest absolute Gasteiger partial charge is 0.317 e. The Hall–Kier alpha value is -3.02. The fraction of sp³-hybridized carbons (Fsp3) is 0.440. The summed E-state index contributed by atoms with van der Waals surface area (Å²) in [6, 6.07) is 15.6. The first-order valence-corrected chi connectivity index (χ1v) is 11.0. The number of methoxy groups -OCH3 is 1. The Morgan fingerprint density at radius 1 is 1.13 bits per heavy atom. The highest BCUT2D eigenvalue weighted by molar-refractivity contribution is 5.93. The van der Waals surface area contributed by atoms with Gasteiger partial charge in [0.05, 0.1) is 13.0 Å². The van der Waals surface area contributed by atoms with E-state index in [1.807, 2.05) is 30.3 Å². The standard InChI is InChI=1S/C25H33N3O3/c1-4-5-13-26-25(30)28-16-20(19-8-6-7-18(2)14-19)15-21(17-28)24(29)27-22-9-11-23(31-3)12-10-22/h6-12,14,20-21H,4-5,13,15-17H2,1-3H3,(H,26,30)(H,27,29). The first-order chi connectivity index (χ1) is 15.0. The van der Waals surface area contributed by atoms with Crippen LogP contribution in [0.4, 0.5) is 10.5 Å². The van der Waals surface area contributed by atoms with Gasteiger partial charge in [-0.3, -0.25) is 4.79 Å². The van der Waals surface area contributed by atoms with Gasteiger partial charge in [-0.15, -0.1) is 0 Å². The number of ether oxygens (including phenoxy) is 1. The van der Waals surface area contributed by atoms with Crippen LogP contribution in [0.2, 0.25) is 0 Å². The Balaban J connectivity index is 1.74. The number of unbranched alkanes of at least 4 members (excludes halogenated alkanes) is 1. The van der Waals surface area contributed by atoms with Crippen LogP contribution >= 0.6 is 0 Å². The number of carbonyl (C=O) groups is 2. The van der Waals surface area contributed by atoms with Gasteiger partial charge in [0.1, 0.15) is 5.75 Å². The predicted molar refractivity (Wildman–Crippen MR) is 124 cm³/mol. The normalized spacial score (nSPS) is 18.4. The van der Waals surface area contributed by atoms with Crippen molar-refractivity contribution in [3.05, 3.63) is 59.7 Å². The van der Waals surface area contributed by atoms with Crippen molar-refractivity contribution >= 4 is 17.6 Å². The topological polar surface area (TPSA) is 70.7 Å². The minimum absolute atomic E-state index is 0.0612. The van der Waals surface area contributed by atoms with E-state index < -0.39 is 0 Å². The van der Waals surface area contributed by atoms with E-state index >= 15 is 0 Å². The van der Waals surface area contributed by atoms with E-state index in [1.165, 1.54) is 11.1 Å². The summed E-state index contributed by atoms with van der Waals surface area (Å²) in [5.41, 5.74) is 3.08. The van der Waals surface area contributed by atoms with Crippen LogP contribution in [0.3, 0.4) is 0 Å². The van der Waals surface area contributed by atoms with E-state index in [4.69, 9.17) is 4.74 Å².